The van der Waals surface area contributed by atoms with Crippen molar-refractivity contribution in [2.45, 2.75) is 19.4 Å². The quantitative estimate of drug-likeness (QED) is 0.591. The van der Waals surface area contributed by atoms with Crippen LogP contribution < -0.4 is 0 Å². The third-order valence-corrected chi connectivity index (χ3v) is 5.33. The van der Waals surface area contributed by atoms with Crippen LogP contribution in [0.2, 0.25) is 0 Å². The summed E-state index contributed by atoms with van der Waals surface area (Å²) in [6.45, 7) is 2.39. The molecule has 4 heteroatoms. The number of ketones is 1. The number of hydrogen-bond donors (Lipinski definition) is 0. The Morgan fingerprint density at radius 2 is 1.89 bits per heavy atom. The molecule has 3 nitrogen and oxygen atoms in total. The highest BCUT2D eigenvalue weighted by Gasteiger charge is 2.27. The van der Waals surface area contributed by atoms with Gasteiger partial charge in [-0.25, -0.2) is 4.39 Å². The Labute approximate surface area is 164 Å². The van der Waals surface area contributed by atoms with Gasteiger partial charge in [0.2, 0.25) is 0 Å². The predicted octanol–water partition coefficient (Wildman–Crippen LogP) is 4.98. The van der Waals surface area contributed by atoms with Crippen molar-refractivity contribution in [3.8, 4) is 11.1 Å². The summed E-state index contributed by atoms with van der Waals surface area (Å²) < 4.78 is 14.7. The number of carbonyl (C=O) groups excluding carboxylic acids is 1. The molecule has 0 unspecified atom stereocenters. The van der Waals surface area contributed by atoms with Crippen molar-refractivity contribution in [3.05, 3.63) is 90.0 Å². The van der Waals surface area contributed by atoms with Crippen LogP contribution in [0.15, 0.2) is 72.9 Å². The van der Waals surface area contributed by atoms with E-state index in [2.05, 4.69) is 9.88 Å². The van der Waals surface area contributed by atoms with Gasteiger partial charge < -0.3 is 0 Å². The second-order valence-electron chi connectivity index (χ2n) is 7.32. The Balaban J connectivity index is 1.47. The Bertz CT molecular complexity index is 943. The summed E-state index contributed by atoms with van der Waals surface area (Å²) in [6.07, 6.45) is 3.60. The smallest absolute Gasteiger partial charge is 0.167 e. The minimum absolute atomic E-state index is 0.0317. The largest absolute Gasteiger partial charge is 0.297 e. The van der Waals surface area contributed by atoms with E-state index < -0.39 is 0 Å². The molecule has 0 aliphatic carbocycles. The Morgan fingerprint density at radius 3 is 2.64 bits per heavy atom. The summed E-state index contributed by atoms with van der Waals surface area (Å²) >= 11 is 0. The normalized spacial score (nSPS) is 17.4. The minimum Gasteiger partial charge on any atom is -0.297 e. The molecule has 4 rings (SSSR count). The molecule has 0 spiro atoms. The molecule has 0 bridgehead atoms. The summed E-state index contributed by atoms with van der Waals surface area (Å²) in [5.41, 5.74) is 2.81. The van der Waals surface area contributed by atoms with Crippen molar-refractivity contribution in [1.82, 2.24) is 9.88 Å². The monoisotopic (exact) mass is 374 g/mol. The van der Waals surface area contributed by atoms with E-state index >= 15 is 0 Å². The SMILES string of the molecule is O=C(c1ccc(-c2ccccc2)c(F)c1)[C@@H]1CCCN(Cc2ccccn2)C1. The lowest BCUT2D eigenvalue weighted by atomic mass is 9.89. The standard InChI is InChI=1S/C24H23FN2O/c25-23-15-19(11-12-22(23)18-7-2-1-3-8-18)24(28)20-9-6-14-27(16-20)17-21-10-4-5-13-26-21/h1-5,7-8,10-13,15,20H,6,9,14,16-17H2/t20-/m1/s1. The maximum absolute atomic E-state index is 14.7. The molecule has 0 saturated carbocycles. The summed E-state index contributed by atoms with van der Waals surface area (Å²) in [6, 6.07) is 20.2. The van der Waals surface area contributed by atoms with E-state index in [9.17, 15) is 9.18 Å². The van der Waals surface area contributed by atoms with Crippen molar-refractivity contribution in [3.63, 3.8) is 0 Å². The van der Waals surface area contributed by atoms with E-state index in [1.54, 1.807) is 18.3 Å². The Hall–Kier alpha value is -2.85. The van der Waals surface area contributed by atoms with Crippen LogP contribution in [0.3, 0.4) is 0 Å². The van der Waals surface area contributed by atoms with Gasteiger partial charge in [0.25, 0.3) is 0 Å². The van der Waals surface area contributed by atoms with Gasteiger partial charge in [0.1, 0.15) is 5.82 Å². The lowest BCUT2D eigenvalue weighted by Gasteiger charge is -2.31. The van der Waals surface area contributed by atoms with Crippen LogP contribution in [0.4, 0.5) is 4.39 Å². The summed E-state index contributed by atoms with van der Waals surface area (Å²) in [5, 5.41) is 0. The molecule has 1 aromatic heterocycles. The van der Waals surface area contributed by atoms with E-state index in [-0.39, 0.29) is 17.5 Å². The first-order chi connectivity index (χ1) is 13.7. The molecule has 0 N–H and O–H groups in total. The fourth-order valence-corrected chi connectivity index (χ4v) is 3.89. The number of pyridine rings is 1. The molecule has 142 valence electrons. The number of benzene rings is 2. The average Bonchev–Trinajstić information content (AvgIpc) is 2.75. The van der Waals surface area contributed by atoms with Crippen molar-refractivity contribution >= 4 is 5.78 Å². The van der Waals surface area contributed by atoms with Crippen LogP contribution >= 0.6 is 0 Å². The minimum atomic E-state index is -0.349. The zero-order valence-corrected chi connectivity index (χ0v) is 15.7. The number of rotatable bonds is 5. The zero-order chi connectivity index (χ0) is 19.3. The van der Waals surface area contributed by atoms with Crippen LogP contribution in [0.5, 0.6) is 0 Å². The van der Waals surface area contributed by atoms with Crippen LogP contribution in [0, 0.1) is 11.7 Å². The van der Waals surface area contributed by atoms with E-state index in [0.717, 1.165) is 37.2 Å². The van der Waals surface area contributed by atoms with Crippen LogP contribution in [0.25, 0.3) is 11.1 Å². The zero-order valence-electron chi connectivity index (χ0n) is 15.7. The number of nitrogens with zero attached hydrogens (tertiary/aromatic N) is 2. The molecule has 2 heterocycles. The number of piperidine rings is 1. The number of hydrogen-bond acceptors (Lipinski definition) is 3. The van der Waals surface area contributed by atoms with Gasteiger partial charge in [-0.2, -0.15) is 0 Å². The second kappa shape index (κ2) is 8.44. The van der Waals surface area contributed by atoms with Gasteiger partial charge in [0.15, 0.2) is 5.78 Å². The number of carbonyl (C=O) groups is 1. The highest BCUT2D eigenvalue weighted by atomic mass is 19.1. The fourth-order valence-electron chi connectivity index (χ4n) is 3.89. The van der Waals surface area contributed by atoms with Gasteiger partial charge in [-0.15, -0.1) is 0 Å². The molecule has 2 aromatic carbocycles. The number of likely N-dealkylation sites (tertiary alicyclic amines) is 1. The lowest BCUT2D eigenvalue weighted by Crippen LogP contribution is -2.38. The van der Waals surface area contributed by atoms with Gasteiger partial charge >= 0.3 is 0 Å². The first-order valence-electron chi connectivity index (χ1n) is 9.72. The average molecular weight is 374 g/mol. The van der Waals surface area contributed by atoms with Gasteiger partial charge in [0.05, 0.1) is 5.69 Å². The molecule has 3 aromatic rings. The number of Topliss-reactive ketones (excluding diaryl/α,β-unsaturated/α-hetero) is 1. The summed E-state index contributed by atoms with van der Waals surface area (Å²) in [7, 11) is 0. The molecule has 0 radical (unpaired) electrons. The molecule has 1 saturated heterocycles. The molecular weight excluding hydrogens is 351 g/mol. The van der Waals surface area contributed by atoms with E-state index in [1.807, 2.05) is 48.5 Å². The summed E-state index contributed by atoms with van der Waals surface area (Å²) in [5.74, 6) is -0.415. The molecule has 1 atom stereocenters. The summed E-state index contributed by atoms with van der Waals surface area (Å²) in [4.78, 5) is 19.6. The van der Waals surface area contributed by atoms with Gasteiger partial charge in [-0.3, -0.25) is 14.7 Å². The topological polar surface area (TPSA) is 33.2 Å². The number of aromatic nitrogens is 1. The molecule has 28 heavy (non-hydrogen) atoms. The van der Waals surface area contributed by atoms with Crippen LogP contribution in [0.1, 0.15) is 28.9 Å². The van der Waals surface area contributed by atoms with Crippen molar-refractivity contribution in [1.29, 1.82) is 0 Å². The molecule has 1 fully saturated rings. The lowest BCUT2D eigenvalue weighted by molar-refractivity contribution is 0.0809. The van der Waals surface area contributed by atoms with Crippen molar-refractivity contribution < 1.29 is 9.18 Å². The first kappa shape index (κ1) is 18.5. The van der Waals surface area contributed by atoms with Crippen molar-refractivity contribution in [2.24, 2.45) is 5.92 Å². The highest BCUT2D eigenvalue weighted by Crippen LogP contribution is 2.26. The van der Waals surface area contributed by atoms with Crippen LogP contribution in [-0.4, -0.2) is 28.8 Å². The third kappa shape index (κ3) is 4.18. The molecule has 1 aliphatic heterocycles. The maximum atomic E-state index is 14.7. The Kier molecular flexibility index (Phi) is 5.58. The van der Waals surface area contributed by atoms with E-state index in [4.69, 9.17) is 0 Å². The molecular formula is C24H23FN2O. The second-order valence-corrected chi connectivity index (χ2v) is 7.32. The molecule has 1 aliphatic rings. The van der Waals surface area contributed by atoms with E-state index in [1.165, 1.54) is 6.07 Å². The predicted molar refractivity (Wildman–Crippen MR) is 108 cm³/mol. The first-order valence-corrected chi connectivity index (χ1v) is 9.72. The highest BCUT2D eigenvalue weighted by molar-refractivity contribution is 5.98. The van der Waals surface area contributed by atoms with Gasteiger partial charge in [0, 0.05) is 36.3 Å². The third-order valence-electron chi connectivity index (χ3n) is 5.33. The van der Waals surface area contributed by atoms with E-state index in [0.29, 0.717) is 17.7 Å². The molecule has 0 amide bonds. The fraction of sp³-hybridized carbons (Fsp3) is 0.250. The van der Waals surface area contributed by atoms with Gasteiger partial charge in [-0.1, -0.05) is 48.5 Å². The number of halogens is 1. The Morgan fingerprint density at radius 1 is 1.07 bits per heavy atom. The van der Waals surface area contributed by atoms with Crippen molar-refractivity contribution in [2.75, 3.05) is 13.1 Å². The van der Waals surface area contributed by atoms with Gasteiger partial charge in [-0.05, 0) is 43.1 Å². The maximum Gasteiger partial charge on any atom is 0.167 e. The van der Waals surface area contributed by atoms with Crippen LogP contribution in [-0.2, 0) is 6.54 Å².